The first-order valence-electron chi connectivity index (χ1n) is 7.45. The molecule has 0 bridgehead atoms. The molecule has 2 nitrogen and oxygen atoms in total. The second-order valence-electron chi connectivity index (χ2n) is 8.05. The van der Waals surface area contributed by atoms with Gasteiger partial charge in [0.1, 0.15) is 0 Å². The maximum atomic E-state index is 12.2. The maximum absolute atomic E-state index is 12.2. The van der Waals surface area contributed by atoms with E-state index in [0.29, 0.717) is 29.1 Å². The molecule has 1 aliphatic rings. The molecule has 0 N–H and O–H groups in total. The lowest BCUT2D eigenvalue weighted by Crippen LogP contribution is -2.31. The Balaban J connectivity index is 2.25. The number of nitrogens with zero attached hydrogens (tertiary/aromatic N) is 1. The van der Waals surface area contributed by atoms with Crippen LogP contribution in [0.5, 0.6) is 0 Å². The van der Waals surface area contributed by atoms with Crippen LogP contribution in [0.15, 0.2) is 0 Å². The zero-order chi connectivity index (χ0) is 14.7. The third-order valence-electron chi connectivity index (χ3n) is 3.76. The molecule has 112 valence electrons. The summed E-state index contributed by atoms with van der Waals surface area (Å²) in [6.07, 6.45) is 1.88. The van der Waals surface area contributed by atoms with Crippen LogP contribution in [0.4, 0.5) is 0 Å². The second kappa shape index (κ2) is 6.51. The van der Waals surface area contributed by atoms with E-state index in [4.69, 9.17) is 0 Å². The van der Waals surface area contributed by atoms with Crippen molar-refractivity contribution < 1.29 is 4.79 Å². The molecule has 0 radical (unpaired) electrons. The fraction of sp³-hybridized carbons (Fsp3) is 0.938. The summed E-state index contributed by atoms with van der Waals surface area (Å²) >= 11 is 1.91. The molecule has 0 aliphatic carbocycles. The Bertz CT molecular complexity index is 301. The van der Waals surface area contributed by atoms with E-state index in [0.717, 1.165) is 24.6 Å². The number of carbonyl (C=O) groups is 1. The van der Waals surface area contributed by atoms with Gasteiger partial charge in [-0.1, -0.05) is 41.5 Å². The van der Waals surface area contributed by atoms with Gasteiger partial charge in [-0.15, -0.1) is 0 Å². The van der Waals surface area contributed by atoms with Crippen molar-refractivity contribution in [2.24, 2.45) is 16.7 Å². The van der Waals surface area contributed by atoms with E-state index in [1.807, 2.05) is 11.8 Å². The topological polar surface area (TPSA) is 20.3 Å². The van der Waals surface area contributed by atoms with Crippen molar-refractivity contribution in [3.05, 3.63) is 0 Å². The summed E-state index contributed by atoms with van der Waals surface area (Å²) in [5, 5.41) is 0. The zero-order valence-corrected chi connectivity index (χ0v) is 14.4. The molecule has 0 aromatic rings. The SMILES string of the molecule is CC(C)(C)CSCCC(=O)N1CCC(C(C)(C)C)C1. The molecule has 1 atom stereocenters. The van der Waals surface area contributed by atoms with E-state index >= 15 is 0 Å². The smallest absolute Gasteiger partial charge is 0.223 e. The van der Waals surface area contributed by atoms with Crippen LogP contribution >= 0.6 is 11.8 Å². The van der Waals surface area contributed by atoms with Crippen LogP contribution in [0.25, 0.3) is 0 Å². The van der Waals surface area contributed by atoms with Crippen molar-refractivity contribution in [3.63, 3.8) is 0 Å². The van der Waals surface area contributed by atoms with Gasteiger partial charge in [-0.05, 0) is 28.9 Å². The molecule has 1 aliphatic heterocycles. The van der Waals surface area contributed by atoms with Gasteiger partial charge >= 0.3 is 0 Å². The Labute approximate surface area is 123 Å². The van der Waals surface area contributed by atoms with Crippen molar-refractivity contribution in [1.82, 2.24) is 4.90 Å². The Kier molecular flexibility index (Phi) is 5.78. The summed E-state index contributed by atoms with van der Waals surface area (Å²) in [7, 11) is 0. The van der Waals surface area contributed by atoms with E-state index in [1.165, 1.54) is 6.42 Å². The van der Waals surface area contributed by atoms with Crippen LogP contribution < -0.4 is 0 Å². The van der Waals surface area contributed by atoms with Crippen LogP contribution in [-0.2, 0) is 4.79 Å². The first-order chi connectivity index (χ1) is 8.59. The molecule has 3 heteroatoms. The van der Waals surface area contributed by atoms with Gasteiger partial charge in [0.15, 0.2) is 0 Å². The van der Waals surface area contributed by atoms with Gasteiger partial charge in [-0.3, -0.25) is 4.79 Å². The van der Waals surface area contributed by atoms with Crippen molar-refractivity contribution in [1.29, 1.82) is 0 Å². The van der Waals surface area contributed by atoms with E-state index in [9.17, 15) is 4.79 Å². The highest BCUT2D eigenvalue weighted by molar-refractivity contribution is 7.99. The molecule has 0 spiro atoms. The van der Waals surface area contributed by atoms with Gasteiger partial charge in [0.2, 0.25) is 5.91 Å². The van der Waals surface area contributed by atoms with Crippen molar-refractivity contribution in [3.8, 4) is 0 Å². The number of thioether (sulfide) groups is 1. The Morgan fingerprint density at radius 1 is 1.21 bits per heavy atom. The molecule has 1 rings (SSSR count). The molecule has 19 heavy (non-hydrogen) atoms. The maximum Gasteiger partial charge on any atom is 0.223 e. The fourth-order valence-electron chi connectivity index (χ4n) is 2.39. The first kappa shape index (κ1) is 16.9. The average Bonchev–Trinajstić information content (AvgIpc) is 2.71. The quantitative estimate of drug-likeness (QED) is 0.726. The number of hydrogen-bond acceptors (Lipinski definition) is 2. The predicted octanol–water partition coefficient (Wildman–Crippen LogP) is 4.05. The summed E-state index contributed by atoms with van der Waals surface area (Å²) in [4.78, 5) is 14.2. The van der Waals surface area contributed by atoms with Gasteiger partial charge in [-0.2, -0.15) is 11.8 Å². The predicted molar refractivity (Wildman–Crippen MR) is 85.5 cm³/mol. The molecule has 1 fully saturated rings. The molecule has 1 heterocycles. The molecule has 1 unspecified atom stereocenters. The molecule has 1 saturated heterocycles. The summed E-state index contributed by atoms with van der Waals surface area (Å²) in [5.41, 5.74) is 0.689. The van der Waals surface area contributed by atoms with Gasteiger partial charge in [0, 0.05) is 25.3 Å². The molecular formula is C16H31NOS. The number of carbonyl (C=O) groups excluding carboxylic acids is 1. The number of amides is 1. The first-order valence-corrected chi connectivity index (χ1v) is 8.60. The van der Waals surface area contributed by atoms with Crippen LogP contribution in [0.1, 0.15) is 54.4 Å². The van der Waals surface area contributed by atoms with Crippen molar-refractivity contribution in [2.75, 3.05) is 24.6 Å². The van der Waals surface area contributed by atoms with Gasteiger partial charge < -0.3 is 4.90 Å². The highest BCUT2D eigenvalue weighted by Gasteiger charge is 2.33. The lowest BCUT2D eigenvalue weighted by Gasteiger charge is -2.27. The number of rotatable bonds is 4. The average molecular weight is 285 g/mol. The summed E-state index contributed by atoms with van der Waals surface area (Å²) < 4.78 is 0. The lowest BCUT2D eigenvalue weighted by molar-refractivity contribution is -0.129. The van der Waals surface area contributed by atoms with Crippen molar-refractivity contribution >= 4 is 17.7 Å². The Morgan fingerprint density at radius 2 is 1.84 bits per heavy atom. The van der Waals surface area contributed by atoms with E-state index in [2.05, 4.69) is 46.4 Å². The van der Waals surface area contributed by atoms with Crippen molar-refractivity contribution in [2.45, 2.75) is 54.4 Å². The molecular weight excluding hydrogens is 254 g/mol. The normalized spacial score (nSPS) is 20.9. The summed E-state index contributed by atoms with van der Waals surface area (Å²) in [5.74, 6) is 3.12. The molecule has 0 aromatic carbocycles. The monoisotopic (exact) mass is 285 g/mol. The van der Waals surface area contributed by atoms with E-state index in [1.54, 1.807) is 0 Å². The minimum atomic E-state index is 0.329. The van der Waals surface area contributed by atoms with E-state index < -0.39 is 0 Å². The Morgan fingerprint density at radius 3 is 2.32 bits per heavy atom. The van der Waals surface area contributed by atoms with Crippen LogP contribution in [0.2, 0.25) is 0 Å². The standard InChI is InChI=1S/C16H31NOS/c1-15(2,3)12-19-10-8-14(18)17-9-7-13(11-17)16(4,5)6/h13H,7-12H2,1-6H3. The highest BCUT2D eigenvalue weighted by Crippen LogP contribution is 2.33. The highest BCUT2D eigenvalue weighted by atomic mass is 32.2. The van der Waals surface area contributed by atoms with Gasteiger partial charge in [0.05, 0.1) is 0 Å². The van der Waals surface area contributed by atoms with Crippen LogP contribution in [0.3, 0.4) is 0 Å². The van der Waals surface area contributed by atoms with Gasteiger partial charge in [-0.25, -0.2) is 0 Å². The third-order valence-corrected chi connectivity index (χ3v) is 5.32. The molecule has 0 saturated carbocycles. The lowest BCUT2D eigenvalue weighted by atomic mass is 9.80. The van der Waals surface area contributed by atoms with Crippen LogP contribution in [-0.4, -0.2) is 35.4 Å². The largest absolute Gasteiger partial charge is 0.342 e. The number of likely N-dealkylation sites (tertiary alicyclic amines) is 1. The van der Waals surface area contributed by atoms with E-state index in [-0.39, 0.29) is 0 Å². The number of hydrogen-bond donors (Lipinski definition) is 0. The Hall–Kier alpha value is -0.180. The minimum absolute atomic E-state index is 0.329. The summed E-state index contributed by atoms with van der Waals surface area (Å²) in [6, 6.07) is 0. The molecule has 0 aromatic heterocycles. The van der Waals surface area contributed by atoms with Crippen LogP contribution in [0, 0.1) is 16.7 Å². The van der Waals surface area contributed by atoms with Gasteiger partial charge in [0.25, 0.3) is 0 Å². The minimum Gasteiger partial charge on any atom is -0.342 e. The fourth-order valence-corrected chi connectivity index (χ4v) is 3.47. The molecule has 1 amide bonds. The zero-order valence-electron chi connectivity index (χ0n) is 13.6. The second-order valence-corrected chi connectivity index (χ2v) is 9.16. The summed E-state index contributed by atoms with van der Waals surface area (Å²) in [6.45, 7) is 15.5. The third kappa shape index (κ3) is 6.20.